The summed E-state index contributed by atoms with van der Waals surface area (Å²) in [7, 11) is 1.98. The minimum atomic E-state index is 0.201. The van der Waals surface area contributed by atoms with E-state index in [1.54, 1.807) is 0 Å². The van der Waals surface area contributed by atoms with Gasteiger partial charge in [-0.25, -0.2) is 0 Å². The van der Waals surface area contributed by atoms with E-state index in [0.29, 0.717) is 0 Å². The number of rotatable bonds is 2. The molecule has 0 radical (unpaired) electrons. The predicted octanol–water partition coefficient (Wildman–Crippen LogP) is 0.747. The zero-order chi connectivity index (χ0) is 7.03. The fourth-order valence-electron chi connectivity index (χ4n) is 1.13. The molecule has 0 aromatic carbocycles. The van der Waals surface area contributed by atoms with Gasteiger partial charge in [-0.3, -0.25) is 0 Å². The lowest BCUT2D eigenvalue weighted by Gasteiger charge is -2.07. The summed E-state index contributed by atoms with van der Waals surface area (Å²) in [5.74, 6) is 0. The molecule has 1 N–H and O–H groups in total. The van der Waals surface area contributed by atoms with Crippen molar-refractivity contribution in [2.45, 2.75) is 18.4 Å². The summed E-state index contributed by atoms with van der Waals surface area (Å²) in [6.07, 6.45) is 2.41. The Morgan fingerprint density at radius 2 is 2.50 bits per heavy atom. The Kier molecular flexibility index (Phi) is 1.25. The maximum atomic E-state index is 4.03. The first-order valence-electron chi connectivity index (χ1n) is 3.34. The van der Waals surface area contributed by atoms with E-state index in [4.69, 9.17) is 0 Å². The summed E-state index contributed by atoms with van der Waals surface area (Å²) in [4.78, 5) is 0. The SMILES string of the molecule is CNC1(c2csnn2)CC1. The number of nitrogens with one attached hydrogen (secondary N) is 1. The van der Waals surface area contributed by atoms with Gasteiger partial charge in [0.2, 0.25) is 0 Å². The molecule has 1 aromatic heterocycles. The van der Waals surface area contributed by atoms with Crippen LogP contribution in [-0.2, 0) is 5.54 Å². The van der Waals surface area contributed by atoms with Crippen molar-refractivity contribution in [1.29, 1.82) is 0 Å². The topological polar surface area (TPSA) is 37.8 Å². The van der Waals surface area contributed by atoms with Gasteiger partial charge in [-0.1, -0.05) is 4.49 Å². The van der Waals surface area contributed by atoms with Gasteiger partial charge in [0.15, 0.2) is 0 Å². The maximum Gasteiger partial charge on any atom is 0.0956 e. The van der Waals surface area contributed by atoms with Gasteiger partial charge in [-0.15, -0.1) is 5.10 Å². The van der Waals surface area contributed by atoms with Gasteiger partial charge in [0.25, 0.3) is 0 Å². The molecule has 10 heavy (non-hydrogen) atoms. The fourth-order valence-corrected chi connectivity index (χ4v) is 1.69. The highest BCUT2D eigenvalue weighted by Crippen LogP contribution is 2.44. The highest BCUT2D eigenvalue weighted by molar-refractivity contribution is 7.03. The van der Waals surface area contributed by atoms with Crippen molar-refractivity contribution in [2.24, 2.45) is 0 Å². The van der Waals surface area contributed by atoms with E-state index < -0.39 is 0 Å². The number of hydrogen-bond donors (Lipinski definition) is 1. The van der Waals surface area contributed by atoms with Gasteiger partial charge in [0, 0.05) is 5.38 Å². The third kappa shape index (κ3) is 0.759. The van der Waals surface area contributed by atoms with Crippen molar-refractivity contribution < 1.29 is 0 Å². The Bertz CT molecular complexity index is 215. The highest BCUT2D eigenvalue weighted by atomic mass is 32.1. The molecule has 1 heterocycles. The molecule has 1 fully saturated rings. The molecule has 54 valence electrons. The van der Waals surface area contributed by atoms with E-state index in [2.05, 4.69) is 14.9 Å². The van der Waals surface area contributed by atoms with Gasteiger partial charge in [0.1, 0.15) is 0 Å². The largest absolute Gasteiger partial charge is 0.309 e. The van der Waals surface area contributed by atoms with Crippen molar-refractivity contribution in [1.82, 2.24) is 14.9 Å². The standard InChI is InChI=1S/C6H9N3S/c1-7-6(2-3-6)5-4-10-9-8-5/h4,7H,2-3H2,1H3. The van der Waals surface area contributed by atoms with Crippen molar-refractivity contribution in [3.05, 3.63) is 11.1 Å². The van der Waals surface area contributed by atoms with Crippen LogP contribution in [0.5, 0.6) is 0 Å². The molecule has 0 saturated heterocycles. The molecule has 1 aromatic rings. The Balaban J connectivity index is 2.27. The maximum absolute atomic E-state index is 4.03. The Hall–Kier alpha value is -0.480. The first kappa shape index (κ1) is 6.24. The normalized spacial score (nSPS) is 20.9. The molecule has 3 nitrogen and oxygen atoms in total. The summed E-state index contributed by atoms with van der Waals surface area (Å²) in [6, 6.07) is 0. The Morgan fingerprint density at radius 1 is 1.70 bits per heavy atom. The molecule has 1 aliphatic carbocycles. The molecule has 0 spiro atoms. The van der Waals surface area contributed by atoms with Gasteiger partial charge in [-0.2, -0.15) is 0 Å². The molecule has 0 unspecified atom stereocenters. The summed E-state index contributed by atoms with van der Waals surface area (Å²) in [5.41, 5.74) is 1.31. The van der Waals surface area contributed by atoms with Crippen LogP contribution in [0, 0.1) is 0 Å². The van der Waals surface area contributed by atoms with Gasteiger partial charge >= 0.3 is 0 Å². The summed E-state index contributed by atoms with van der Waals surface area (Å²) >= 11 is 1.42. The van der Waals surface area contributed by atoms with Crippen LogP contribution in [0.4, 0.5) is 0 Å². The van der Waals surface area contributed by atoms with Crippen LogP contribution in [0.3, 0.4) is 0 Å². The predicted molar refractivity (Wildman–Crippen MR) is 39.9 cm³/mol. The van der Waals surface area contributed by atoms with E-state index in [0.717, 1.165) is 5.69 Å². The van der Waals surface area contributed by atoms with Crippen LogP contribution in [0.25, 0.3) is 0 Å². The van der Waals surface area contributed by atoms with Crippen LogP contribution >= 0.6 is 11.5 Å². The molecule has 0 amide bonds. The quantitative estimate of drug-likeness (QED) is 0.684. The van der Waals surface area contributed by atoms with E-state index in [9.17, 15) is 0 Å². The first-order valence-corrected chi connectivity index (χ1v) is 4.17. The minimum Gasteiger partial charge on any atom is -0.309 e. The van der Waals surface area contributed by atoms with Crippen molar-refractivity contribution in [3.8, 4) is 0 Å². The van der Waals surface area contributed by atoms with E-state index >= 15 is 0 Å². The zero-order valence-electron chi connectivity index (χ0n) is 5.79. The van der Waals surface area contributed by atoms with Crippen LogP contribution in [0.1, 0.15) is 18.5 Å². The molecular formula is C6H9N3S. The second kappa shape index (κ2) is 2.00. The lowest BCUT2D eigenvalue weighted by Crippen LogP contribution is -2.24. The number of aromatic nitrogens is 2. The number of nitrogens with zero attached hydrogens (tertiary/aromatic N) is 2. The molecule has 0 bridgehead atoms. The van der Waals surface area contributed by atoms with Crippen LogP contribution in [0.15, 0.2) is 5.38 Å². The molecule has 0 atom stereocenters. The number of hydrogen-bond acceptors (Lipinski definition) is 4. The van der Waals surface area contributed by atoms with Crippen molar-refractivity contribution in [3.63, 3.8) is 0 Å². The third-order valence-electron chi connectivity index (χ3n) is 2.08. The van der Waals surface area contributed by atoms with Crippen LogP contribution in [0.2, 0.25) is 0 Å². The third-order valence-corrected chi connectivity index (χ3v) is 2.58. The van der Waals surface area contributed by atoms with Crippen LogP contribution < -0.4 is 5.32 Å². The smallest absolute Gasteiger partial charge is 0.0956 e. The van der Waals surface area contributed by atoms with Crippen LogP contribution in [-0.4, -0.2) is 16.6 Å². The molecule has 1 aliphatic rings. The van der Waals surface area contributed by atoms with E-state index in [-0.39, 0.29) is 5.54 Å². The summed E-state index contributed by atoms with van der Waals surface area (Å²) in [5, 5.41) is 9.30. The molecule has 1 saturated carbocycles. The first-order chi connectivity index (χ1) is 4.87. The average Bonchev–Trinajstić information content (AvgIpc) is 2.58. The minimum absolute atomic E-state index is 0.201. The van der Waals surface area contributed by atoms with E-state index in [1.165, 1.54) is 24.4 Å². The van der Waals surface area contributed by atoms with Gasteiger partial charge < -0.3 is 5.32 Å². The monoisotopic (exact) mass is 155 g/mol. The van der Waals surface area contributed by atoms with Gasteiger partial charge in [0.05, 0.1) is 11.2 Å². The lowest BCUT2D eigenvalue weighted by atomic mass is 10.2. The highest BCUT2D eigenvalue weighted by Gasteiger charge is 2.44. The Labute approximate surface area is 63.6 Å². The molecule has 0 aliphatic heterocycles. The van der Waals surface area contributed by atoms with Gasteiger partial charge in [-0.05, 0) is 31.4 Å². The van der Waals surface area contributed by atoms with Crippen molar-refractivity contribution in [2.75, 3.05) is 7.05 Å². The second-order valence-corrected chi connectivity index (χ2v) is 3.23. The fraction of sp³-hybridized carbons (Fsp3) is 0.667. The summed E-state index contributed by atoms with van der Waals surface area (Å²) in [6.45, 7) is 0. The zero-order valence-corrected chi connectivity index (χ0v) is 6.61. The lowest BCUT2D eigenvalue weighted by molar-refractivity contribution is 0.566. The second-order valence-electron chi connectivity index (χ2n) is 2.62. The molecule has 2 rings (SSSR count). The Morgan fingerprint density at radius 3 is 2.90 bits per heavy atom. The van der Waals surface area contributed by atoms with Crippen molar-refractivity contribution >= 4 is 11.5 Å². The molecular weight excluding hydrogens is 146 g/mol. The average molecular weight is 155 g/mol. The molecule has 4 heteroatoms. The van der Waals surface area contributed by atoms with E-state index in [1.807, 2.05) is 12.4 Å². The summed E-state index contributed by atoms with van der Waals surface area (Å²) < 4.78 is 3.83.